The molecule has 2 aliphatic heterocycles. The van der Waals surface area contributed by atoms with Gasteiger partial charge in [-0.05, 0) is 26.0 Å². The van der Waals surface area contributed by atoms with Crippen molar-refractivity contribution in [2.75, 3.05) is 19.8 Å². The summed E-state index contributed by atoms with van der Waals surface area (Å²) < 4.78 is 17.6. The molecule has 0 spiro atoms. The molecular formula is C16H23NO3. The van der Waals surface area contributed by atoms with Gasteiger partial charge in [0.25, 0.3) is 0 Å². The molecule has 0 fully saturated rings. The minimum Gasteiger partial charge on any atom is -0.487 e. The maximum atomic E-state index is 6.24. The van der Waals surface area contributed by atoms with Crippen LogP contribution < -0.4 is 19.5 Å². The van der Waals surface area contributed by atoms with Gasteiger partial charge in [-0.3, -0.25) is 0 Å². The summed E-state index contributed by atoms with van der Waals surface area (Å²) in [5, 5.41) is 3.56. The van der Waals surface area contributed by atoms with Crippen LogP contribution in [0.15, 0.2) is 12.1 Å². The Bertz CT molecular complexity index is 503. The van der Waals surface area contributed by atoms with Crippen LogP contribution in [0.4, 0.5) is 0 Å². The van der Waals surface area contributed by atoms with E-state index in [1.54, 1.807) is 0 Å². The van der Waals surface area contributed by atoms with E-state index in [1.165, 1.54) is 5.56 Å². The first-order valence-electron chi connectivity index (χ1n) is 7.51. The van der Waals surface area contributed by atoms with E-state index in [2.05, 4.69) is 32.2 Å². The first-order valence-corrected chi connectivity index (χ1v) is 7.51. The first kappa shape index (κ1) is 13.6. The average Bonchev–Trinajstić information content (AvgIpc) is 2.46. The van der Waals surface area contributed by atoms with E-state index in [-0.39, 0.29) is 5.60 Å². The zero-order valence-corrected chi connectivity index (χ0v) is 12.5. The van der Waals surface area contributed by atoms with Gasteiger partial charge in [0.05, 0.1) is 0 Å². The van der Waals surface area contributed by atoms with E-state index in [9.17, 15) is 0 Å². The number of rotatable bonds is 3. The molecule has 1 aromatic carbocycles. The fraction of sp³-hybridized carbons (Fsp3) is 0.625. The van der Waals surface area contributed by atoms with Crippen LogP contribution in [0.3, 0.4) is 0 Å². The second kappa shape index (κ2) is 5.17. The van der Waals surface area contributed by atoms with Crippen molar-refractivity contribution in [3.05, 3.63) is 17.7 Å². The Labute approximate surface area is 120 Å². The van der Waals surface area contributed by atoms with Crippen molar-refractivity contribution in [3.63, 3.8) is 0 Å². The number of nitrogens with one attached hydrogen (secondary N) is 1. The van der Waals surface area contributed by atoms with Crippen molar-refractivity contribution in [3.8, 4) is 17.2 Å². The van der Waals surface area contributed by atoms with Gasteiger partial charge in [0.1, 0.15) is 24.6 Å². The second-order valence-corrected chi connectivity index (χ2v) is 5.75. The summed E-state index contributed by atoms with van der Waals surface area (Å²) in [6.45, 7) is 8.65. The first-order chi connectivity index (χ1) is 9.65. The third-order valence-corrected chi connectivity index (χ3v) is 4.24. The average molecular weight is 277 g/mol. The van der Waals surface area contributed by atoms with E-state index in [4.69, 9.17) is 14.2 Å². The zero-order chi connectivity index (χ0) is 14.2. The van der Waals surface area contributed by atoms with Gasteiger partial charge < -0.3 is 19.5 Å². The molecule has 110 valence electrons. The lowest BCUT2D eigenvalue weighted by atomic mass is 9.86. The van der Waals surface area contributed by atoms with E-state index in [0.29, 0.717) is 19.3 Å². The van der Waals surface area contributed by atoms with Crippen molar-refractivity contribution in [2.45, 2.75) is 45.3 Å². The molecule has 0 saturated carbocycles. The van der Waals surface area contributed by atoms with Gasteiger partial charge in [0.2, 0.25) is 0 Å². The van der Waals surface area contributed by atoms with Crippen LogP contribution in [0, 0.1) is 0 Å². The van der Waals surface area contributed by atoms with Crippen LogP contribution in [0.1, 0.15) is 45.2 Å². The maximum Gasteiger partial charge on any atom is 0.165 e. The highest BCUT2D eigenvalue weighted by molar-refractivity contribution is 5.53. The Balaban J connectivity index is 2.02. The topological polar surface area (TPSA) is 39.7 Å². The summed E-state index contributed by atoms with van der Waals surface area (Å²) in [7, 11) is 0. The van der Waals surface area contributed by atoms with Crippen molar-refractivity contribution in [2.24, 2.45) is 0 Å². The lowest BCUT2D eigenvalue weighted by Gasteiger charge is -2.40. The summed E-state index contributed by atoms with van der Waals surface area (Å²) in [6.07, 6.45) is 1.97. The van der Waals surface area contributed by atoms with Gasteiger partial charge in [-0.2, -0.15) is 0 Å². The SMILES string of the molecule is CCNC1CC(C)(CC)Oc2cc3c(cc21)OCCO3. The highest BCUT2D eigenvalue weighted by Gasteiger charge is 2.37. The standard InChI is InChI=1S/C16H23NO3/c1-4-16(3)10-12(17-5-2)11-8-14-15(9-13(11)20-16)19-7-6-18-14/h8-9,12,17H,4-7,10H2,1-3H3. The monoisotopic (exact) mass is 277 g/mol. The Morgan fingerprint density at radius 2 is 1.85 bits per heavy atom. The van der Waals surface area contributed by atoms with Gasteiger partial charge in [-0.25, -0.2) is 0 Å². The van der Waals surface area contributed by atoms with E-state index >= 15 is 0 Å². The molecule has 0 aliphatic carbocycles. The van der Waals surface area contributed by atoms with Crippen LogP contribution in [0.2, 0.25) is 0 Å². The van der Waals surface area contributed by atoms with E-state index in [0.717, 1.165) is 36.6 Å². The molecule has 1 aromatic rings. The summed E-state index contributed by atoms with van der Waals surface area (Å²) in [6, 6.07) is 4.37. The number of hydrogen-bond acceptors (Lipinski definition) is 4. The molecule has 4 nitrogen and oxygen atoms in total. The molecule has 2 heterocycles. The normalized spacial score (nSPS) is 27.6. The maximum absolute atomic E-state index is 6.24. The molecular weight excluding hydrogens is 254 g/mol. The third-order valence-electron chi connectivity index (χ3n) is 4.24. The smallest absolute Gasteiger partial charge is 0.165 e. The highest BCUT2D eigenvalue weighted by atomic mass is 16.6. The second-order valence-electron chi connectivity index (χ2n) is 5.75. The lowest BCUT2D eigenvalue weighted by molar-refractivity contribution is 0.0434. The highest BCUT2D eigenvalue weighted by Crippen LogP contribution is 2.46. The van der Waals surface area contributed by atoms with Gasteiger partial charge in [-0.1, -0.05) is 13.8 Å². The molecule has 2 aliphatic rings. The molecule has 4 heteroatoms. The Kier molecular flexibility index (Phi) is 3.50. The predicted molar refractivity (Wildman–Crippen MR) is 77.8 cm³/mol. The molecule has 20 heavy (non-hydrogen) atoms. The van der Waals surface area contributed by atoms with Gasteiger partial charge in [0, 0.05) is 24.1 Å². The van der Waals surface area contributed by atoms with Crippen molar-refractivity contribution < 1.29 is 14.2 Å². The fourth-order valence-corrected chi connectivity index (χ4v) is 2.94. The minimum atomic E-state index is -0.121. The number of ether oxygens (including phenoxy) is 3. The molecule has 0 aromatic heterocycles. The molecule has 2 unspecified atom stereocenters. The number of hydrogen-bond donors (Lipinski definition) is 1. The van der Waals surface area contributed by atoms with Crippen molar-refractivity contribution >= 4 is 0 Å². The summed E-state index contributed by atoms with van der Waals surface area (Å²) in [5.74, 6) is 2.56. The Hall–Kier alpha value is -1.42. The number of benzene rings is 1. The number of fused-ring (bicyclic) bond motifs is 2. The molecule has 2 atom stereocenters. The van der Waals surface area contributed by atoms with Crippen molar-refractivity contribution in [1.82, 2.24) is 5.32 Å². The largest absolute Gasteiger partial charge is 0.487 e. The van der Waals surface area contributed by atoms with E-state index in [1.807, 2.05) is 6.07 Å². The summed E-state index contributed by atoms with van der Waals surface area (Å²) in [5.41, 5.74) is 1.06. The molecule has 0 amide bonds. The van der Waals surface area contributed by atoms with Crippen LogP contribution in [-0.4, -0.2) is 25.4 Å². The predicted octanol–water partition coefficient (Wildman–Crippen LogP) is 3.06. The molecule has 1 N–H and O–H groups in total. The van der Waals surface area contributed by atoms with Crippen LogP contribution in [-0.2, 0) is 0 Å². The summed E-state index contributed by atoms with van der Waals surface area (Å²) in [4.78, 5) is 0. The molecule has 0 radical (unpaired) electrons. The van der Waals surface area contributed by atoms with Crippen LogP contribution >= 0.6 is 0 Å². The Morgan fingerprint density at radius 1 is 1.15 bits per heavy atom. The zero-order valence-electron chi connectivity index (χ0n) is 12.5. The third kappa shape index (κ3) is 2.33. The Morgan fingerprint density at radius 3 is 2.50 bits per heavy atom. The summed E-state index contributed by atoms with van der Waals surface area (Å²) >= 11 is 0. The molecule has 0 saturated heterocycles. The van der Waals surface area contributed by atoms with Gasteiger partial charge in [-0.15, -0.1) is 0 Å². The minimum absolute atomic E-state index is 0.121. The van der Waals surface area contributed by atoms with Crippen LogP contribution in [0.25, 0.3) is 0 Å². The quantitative estimate of drug-likeness (QED) is 0.921. The van der Waals surface area contributed by atoms with Gasteiger partial charge in [0.15, 0.2) is 11.5 Å². The van der Waals surface area contributed by atoms with Crippen molar-refractivity contribution in [1.29, 1.82) is 0 Å². The van der Waals surface area contributed by atoms with Crippen LogP contribution in [0.5, 0.6) is 17.2 Å². The lowest BCUT2D eigenvalue weighted by Crippen LogP contribution is -2.41. The van der Waals surface area contributed by atoms with Gasteiger partial charge >= 0.3 is 0 Å². The molecule has 0 bridgehead atoms. The van der Waals surface area contributed by atoms with E-state index < -0.39 is 0 Å². The fourth-order valence-electron chi connectivity index (χ4n) is 2.94. The molecule has 3 rings (SSSR count).